The van der Waals surface area contributed by atoms with Crippen LogP contribution in [-0.2, 0) is 0 Å². The topological polar surface area (TPSA) is 0 Å². The van der Waals surface area contributed by atoms with Gasteiger partial charge in [0.15, 0.2) is 0 Å². The molecule has 0 bridgehead atoms. The predicted octanol–water partition coefficient (Wildman–Crippen LogP) is 5.59. The molecular weight excluding hydrogens is 308 g/mol. The van der Waals surface area contributed by atoms with Gasteiger partial charge < -0.3 is 0 Å². The first-order chi connectivity index (χ1) is 10.9. The predicted molar refractivity (Wildman–Crippen MR) is 110 cm³/mol. The monoisotopic (exact) mass is 336 g/mol. The summed E-state index contributed by atoms with van der Waals surface area (Å²) in [5.41, 5.74) is 5.41. The lowest BCUT2D eigenvalue weighted by Gasteiger charge is -2.37. The minimum absolute atomic E-state index is 0.944. The highest BCUT2D eigenvalue weighted by atomic mass is 29.3. The van der Waals surface area contributed by atoms with Gasteiger partial charge in [0, 0.05) is 0 Å². The summed E-state index contributed by atoms with van der Waals surface area (Å²) in [4.78, 5) is 0. The van der Waals surface area contributed by atoms with Crippen LogP contribution in [0.2, 0.25) is 26.2 Å². The zero-order valence-corrected chi connectivity index (χ0v) is 16.8. The van der Waals surface area contributed by atoms with Gasteiger partial charge in [-0.1, -0.05) is 104 Å². The van der Waals surface area contributed by atoms with E-state index in [1.54, 1.807) is 5.19 Å². The largest absolute Gasteiger partial charge is 0.103 e. The summed E-state index contributed by atoms with van der Waals surface area (Å²) >= 11 is 0. The van der Waals surface area contributed by atoms with Crippen molar-refractivity contribution in [1.82, 2.24) is 0 Å². The van der Waals surface area contributed by atoms with Crippen molar-refractivity contribution in [3.8, 4) is 0 Å². The van der Waals surface area contributed by atoms with E-state index < -0.39 is 15.2 Å². The van der Waals surface area contributed by atoms with Gasteiger partial charge in [-0.3, -0.25) is 0 Å². The van der Waals surface area contributed by atoms with Crippen molar-refractivity contribution in [2.24, 2.45) is 0 Å². The van der Waals surface area contributed by atoms with Crippen molar-refractivity contribution in [3.05, 3.63) is 84.6 Å². The molecule has 2 aromatic carbocycles. The summed E-state index contributed by atoms with van der Waals surface area (Å²) in [5, 5.41) is 1.57. The maximum Gasteiger partial charge on any atom is 0.0784 e. The van der Waals surface area contributed by atoms with Gasteiger partial charge in [-0.05, 0) is 17.6 Å². The number of hydrogen-bond acceptors (Lipinski definition) is 0. The lowest BCUT2D eigenvalue weighted by atomic mass is 10.1. The molecule has 2 heteroatoms. The zero-order valence-electron chi connectivity index (χ0n) is 14.8. The van der Waals surface area contributed by atoms with E-state index in [1.165, 1.54) is 11.1 Å². The fourth-order valence-electron chi connectivity index (χ4n) is 2.91. The van der Waals surface area contributed by atoms with Gasteiger partial charge in [0.2, 0.25) is 0 Å². The summed E-state index contributed by atoms with van der Waals surface area (Å²) < 4.78 is 0. The molecule has 0 spiro atoms. The number of rotatable bonds is 6. The molecule has 0 fully saturated rings. The molecule has 2 aromatic rings. The maximum atomic E-state index is 3.96. The molecule has 0 heterocycles. The van der Waals surface area contributed by atoms with Crippen molar-refractivity contribution < 1.29 is 0 Å². The average Bonchev–Trinajstić information content (AvgIpc) is 2.56. The van der Waals surface area contributed by atoms with Crippen molar-refractivity contribution >= 4 is 25.9 Å². The van der Waals surface area contributed by atoms with Gasteiger partial charge in [-0.2, -0.15) is 0 Å². The van der Waals surface area contributed by atoms with Crippen LogP contribution in [0.25, 0.3) is 5.57 Å². The lowest BCUT2D eigenvalue weighted by Crippen LogP contribution is -2.62. The van der Waals surface area contributed by atoms with Crippen LogP contribution in [0.3, 0.4) is 0 Å². The Morgan fingerprint density at radius 1 is 0.870 bits per heavy atom. The zero-order chi connectivity index (χ0) is 16.9. The second-order valence-electron chi connectivity index (χ2n) is 7.24. The summed E-state index contributed by atoms with van der Waals surface area (Å²) in [5.74, 6) is 0. The first-order valence-corrected chi connectivity index (χ1v) is 15.4. The van der Waals surface area contributed by atoms with Crippen LogP contribution in [0.5, 0.6) is 0 Å². The molecule has 0 unspecified atom stereocenters. The minimum atomic E-state index is -1.53. The fourth-order valence-corrected chi connectivity index (χ4v) is 10.5. The van der Waals surface area contributed by atoms with Crippen molar-refractivity contribution in [1.29, 1.82) is 0 Å². The summed E-state index contributed by atoms with van der Waals surface area (Å²) in [6, 6.07) is 21.9. The van der Waals surface area contributed by atoms with E-state index in [0.717, 1.165) is 6.42 Å². The number of benzene rings is 2. The smallest absolute Gasteiger partial charge is 0.0784 e. The van der Waals surface area contributed by atoms with Gasteiger partial charge in [0.25, 0.3) is 0 Å². The highest BCUT2D eigenvalue weighted by molar-refractivity contribution is 7.47. The summed E-state index contributed by atoms with van der Waals surface area (Å²) in [6.07, 6.45) is 2.97. The summed E-state index contributed by atoms with van der Waals surface area (Å²) in [7, 11) is -3.03. The first kappa shape index (κ1) is 17.7. The number of hydrogen-bond donors (Lipinski definition) is 0. The Balaban J connectivity index is 2.45. The molecule has 0 N–H and O–H groups in total. The van der Waals surface area contributed by atoms with Crippen LogP contribution in [0.15, 0.2) is 79.0 Å². The highest BCUT2D eigenvalue weighted by Crippen LogP contribution is 2.27. The van der Waals surface area contributed by atoms with Crippen LogP contribution in [0, 0.1) is 0 Å². The Morgan fingerprint density at radius 2 is 1.39 bits per heavy atom. The normalized spacial score (nSPS) is 13.0. The van der Waals surface area contributed by atoms with Gasteiger partial charge in [0.1, 0.15) is 0 Å². The van der Waals surface area contributed by atoms with Crippen LogP contribution in [0.4, 0.5) is 0 Å². The second-order valence-corrected chi connectivity index (χ2v) is 22.4. The van der Waals surface area contributed by atoms with Gasteiger partial charge in [-0.25, -0.2) is 0 Å². The quantitative estimate of drug-likeness (QED) is 0.476. The summed E-state index contributed by atoms with van der Waals surface area (Å²) in [6.45, 7) is 14.1. The van der Waals surface area contributed by atoms with Crippen molar-refractivity contribution in [3.63, 3.8) is 0 Å². The van der Waals surface area contributed by atoms with E-state index in [9.17, 15) is 0 Å². The molecule has 23 heavy (non-hydrogen) atoms. The lowest BCUT2D eigenvalue weighted by molar-refractivity contribution is 1.40. The molecule has 120 valence electrons. The molecule has 0 aliphatic carbocycles. The van der Waals surface area contributed by atoms with E-state index in [1.807, 2.05) is 6.08 Å². The van der Waals surface area contributed by atoms with E-state index in [0.29, 0.717) is 0 Å². The molecule has 0 amide bonds. The highest BCUT2D eigenvalue weighted by Gasteiger charge is 2.40. The second kappa shape index (κ2) is 7.28. The Bertz CT molecular complexity index is 668. The molecule has 0 nitrogen and oxygen atoms in total. The van der Waals surface area contributed by atoms with Gasteiger partial charge in [0.05, 0.1) is 15.2 Å². The molecule has 0 aromatic heterocycles. The van der Waals surface area contributed by atoms with Crippen LogP contribution in [-0.4, -0.2) is 15.2 Å². The Kier molecular flexibility index (Phi) is 5.61. The third-order valence-corrected chi connectivity index (χ3v) is 22.2. The molecular formula is C21H28Si2. The molecule has 0 radical (unpaired) electrons. The Hall–Kier alpha value is -1.65. The van der Waals surface area contributed by atoms with Gasteiger partial charge in [-0.15, -0.1) is 6.58 Å². The van der Waals surface area contributed by atoms with Crippen LogP contribution in [0.1, 0.15) is 12.0 Å². The van der Waals surface area contributed by atoms with Crippen molar-refractivity contribution in [2.45, 2.75) is 32.6 Å². The van der Waals surface area contributed by atoms with Crippen LogP contribution >= 0.6 is 0 Å². The third-order valence-electron chi connectivity index (χ3n) is 5.15. The SMILES string of the molecule is C=CC/C(=C/[Si](C)(C)[Si](C)(C)c1ccccc1)c1ccccc1. The average molecular weight is 337 g/mol. The Labute approximate surface area is 143 Å². The first-order valence-electron chi connectivity index (χ1n) is 8.32. The van der Waals surface area contributed by atoms with Gasteiger partial charge >= 0.3 is 0 Å². The molecule has 2 rings (SSSR count). The number of allylic oxidation sites excluding steroid dienone is 2. The standard InChI is InChI=1S/C21H28Si2/c1-6-13-20(19-14-9-7-10-15-19)18-22(2,3)23(4,5)21-16-11-8-12-17-21/h6-12,14-18H,1,13H2,2-5H3/b20-18-. The van der Waals surface area contributed by atoms with E-state index in [-0.39, 0.29) is 0 Å². The molecule has 0 atom stereocenters. The maximum absolute atomic E-state index is 3.96. The minimum Gasteiger partial charge on any atom is -0.103 e. The van der Waals surface area contributed by atoms with Crippen LogP contribution < -0.4 is 5.19 Å². The van der Waals surface area contributed by atoms with E-state index in [2.05, 4.69) is 99.1 Å². The Morgan fingerprint density at radius 3 is 1.91 bits per heavy atom. The van der Waals surface area contributed by atoms with E-state index in [4.69, 9.17) is 0 Å². The van der Waals surface area contributed by atoms with E-state index >= 15 is 0 Å². The van der Waals surface area contributed by atoms with Crippen molar-refractivity contribution in [2.75, 3.05) is 0 Å². The third kappa shape index (κ3) is 4.01. The molecule has 0 aliphatic rings. The molecule has 0 aliphatic heterocycles. The fraction of sp³-hybridized carbons (Fsp3) is 0.238. The molecule has 0 saturated carbocycles. The molecule has 0 saturated heterocycles.